The predicted molar refractivity (Wildman–Crippen MR) is 71.3 cm³/mol. The summed E-state index contributed by atoms with van der Waals surface area (Å²) in [5.74, 6) is -1.37. The number of carbonyl (C=O) groups excluding carboxylic acids is 1. The molecule has 4 nitrogen and oxygen atoms in total. The first kappa shape index (κ1) is 15.4. The summed E-state index contributed by atoms with van der Waals surface area (Å²) in [7, 11) is -2.10. The molecule has 0 N–H and O–H groups in total. The summed E-state index contributed by atoms with van der Waals surface area (Å²) in [5, 5.41) is 0.517. The lowest BCUT2D eigenvalue weighted by Gasteiger charge is -2.05. The molecule has 1 aromatic carbocycles. The van der Waals surface area contributed by atoms with Gasteiger partial charge >= 0.3 is 0 Å². The molecule has 0 aliphatic heterocycles. The van der Waals surface area contributed by atoms with Gasteiger partial charge in [-0.25, -0.2) is 8.42 Å². The minimum absolute atomic E-state index is 0.0545. The Morgan fingerprint density at radius 3 is 2.61 bits per heavy atom. The van der Waals surface area contributed by atoms with Gasteiger partial charge in [-0.1, -0.05) is 23.2 Å². The number of hydrogen-bond acceptors (Lipinski definition) is 4. The summed E-state index contributed by atoms with van der Waals surface area (Å²) < 4.78 is 27.9. The molecule has 0 saturated heterocycles. The zero-order valence-electron chi connectivity index (χ0n) is 9.65. The first-order chi connectivity index (χ1) is 8.35. The van der Waals surface area contributed by atoms with Crippen molar-refractivity contribution in [1.82, 2.24) is 0 Å². The van der Waals surface area contributed by atoms with Crippen LogP contribution in [0.5, 0.6) is 0 Å². The minimum Gasteiger partial charge on any atom is -0.384 e. The van der Waals surface area contributed by atoms with Gasteiger partial charge in [-0.05, 0) is 18.2 Å². The molecule has 0 amide bonds. The normalized spacial score (nSPS) is 11.5. The zero-order chi connectivity index (χ0) is 13.8. The summed E-state index contributed by atoms with van der Waals surface area (Å²) >= 11 is 11.6. The number of ether oxygens (including phenoxy) is 1. The minimum atomic E-state index is -3.50. The van der Waals surface area contributed by atoms with Gasteiger partial charge in [0.25, 0.3) is 0 Å². The number of methoxy groups -OCH3 is 1. The number of Topliss-reactive ketones (excluding diaryl/α,β-unsaturated/α-hetero) is 1. The molecule has 0 aliphatic carbocycles. The van der Waals surface area contributed by atoms with E-state index in [9.17, 15) is 13.2 Å². The highest BCUT2D eigenvalue weighted by Crippen LogP contribution is 2.21. The SMILES string of the molecule is COCCS(=O)(=O)CC(=O)c1cc(Cl)ccc1Cl. The van der Waals surface area contributed by atoms with E-state index in [-0.39, 0.29) is 22.9 Å². The van der Waals surface area contributed by atoms with Crippen molar-refractivity contribution in [2.75, 3.05) is 25.2 Å². The smallest absolute Gasteiger partial charge is 0.179 e. The van der Waals surface area contributed by atoms with Crippen LogP contribution in [0.25, 0.3) is 0 Å². The van der Waals surface area contributed by atoms with Crippen LogP contribution >= 0.6 is 23.2 Å². The first-order valence-corrected chi connectivity index (χ1v) is 7.61. The van der Waals surface area contributed by atoms with Crippen molar-refractivity contribution in [3.8, 4) is 0 Å². The highest BCUT2D eigenvalue weighted by molar-refractivity contribution is 7.92. The van der Waals surface area contributed by atoms with Crippen molar-refractivity contribution in [3.63, 3.8) is 0 Å². The Bertz CT molecular complexity index is 540. The quantitative estimate of drug-likeness (QED) is 0.756. The molecule has 1 rings (SSSR count). The summed E-state index contributed by atoms with van der Waals surface area (Å²) in [6.07, 6.45) is 0. The van der Waals surface area contributed by atoms with E-state index in [0.29, 0.717) is 5.02 Å². The van der Waals surface area contributed by atoms with Crippen LogP contribution in [-0.4, -0.2) is 39.4 Å². The van der Waals surface area contributed by atoms with Gasteiger partial charge in [0.2, 0.25) is 0 Å². The van der Waals surface area contributed by atoms with Crippen molar-refractivity contribution in [3.05, 3.63) is 33.8 Å². The molecule has 0 bridgehead atoms. The molecule has 0 radical (unpaired) electrons. The van der Waals surface area contributed by atoms with E-state index in [4.69, 9.17) is 23.2 Å². The molecule has 18 heavy (non-hydrogen) atoms. The molecule has 1 aromatic rings. The summed E-state index contributed by atoms with van der Waals surface area (Å²) in [6, 6.07) is 4.34. The molecule has 0 atom stereocenters. The van der Waals surface area contributed by atoms with E-state index in [1.54, 1.807) is 0 Å². The average molecular weight is 311 g/mol. The molecule has 0 saturated carbocycles. The van der Waals surface area contributed by atoms with Gasteiger partial charge in [0.1, 0.15) is 5.75 Å². The maximum Gasteiger partial charge on any atom is 0.179 e. The van der Waals surface area contributed by atoms with Crippen LogP contribution in [-0.2, 0) is 14.6 Å². The Balaban J connectivity index is 2.86. The van der Waals surface area contributed by atoms with Gasteiger partial charge in [0, 0.05) is 17.7 Å². The number of halogens is 2. The van der Waals surface area contributed by atoms with Gasteiger partial charge < -0.3 is 4.74 Å². The lowest BCUT2D eigenvalue weighted by atomic mass is 10.1. The van der Waals surface area contributed by atoms with Gasteiger partial charge in [-0.2, -0.15) is 0 Å². The third-order valence-corrected chi connectivity index (χ3v) is 4.23. The molecular weight excluding hydrogens is 299 g/mol. The number of ketones is 1. The molecule has 100 valence electrons. The van der Waals surface area contributed by atoms with Crippen molar-refractivity contribution in [2.45, 2.75) is 0 Å². The Labute approximate surface area is 116 Å². The van der Waals surface area contributed by atoms with E-state index in [1.165, 1.54) is 25.3 Å². The molecule has 7 heteroatoms. The van der Waals surface area contributed by atoms with Crippen LogP contribution in [0.4, 0.5) is 0 Å². The Kier molecular flexibility index (Phi) is 5.59. The molecule has 0 aromatic heterocycles. The summed E-state index contributed by atoms with van der Waals surface area (Å²) in [6.45, 7) is 0.0545. The van der Waals surface area contributed by atoms with Crippen molar-refractivity contribution < 1.29 is 17.9 Å². The first-order valence-electron chi connectivity index (χ1n) is 5.03. The molecule has 0 aliphatic rings. The highest BCUT2D eigenvalue weighted by atomic mass is 35.5. The number of carbonyl (C=O) groups is 1. The second kappa shape index (κ2) is 6.52. The zero-order valence-corrected chi connectivity index (χ0v) is 12.0. The van der Waals surface area contributed by atoms with Crippen molar-refractivity contribution in [2.24, 2.45) is 0 Å². The number of benzene rings is 1. The van der Waals surface area contributed by atoms with Crippen LogP contribution in [0.3, 0.4) is 0 Å². The van der Waals surface area contributed by atoms with Crippen LogP contribution in [0.15, 0.2) is 18.2 Å². The van der Waals surface area contributed by atoms with Crippen LogP contribution in [0.2, 0.25) is 10.0 Å². The van der Waals surface area contributed by atoms with E-state index >= 15 is 0 Å². The fraction of sp³-hybridized carbons (Fsp3) is 0.364. The fourth-order valence-electron chi connectivity index (χ4n) is 1.27. The Hall–Kier alpha value is -0.620. The number of hydrogen-bond donors (Lipinski definition) is 0. The van der Waals surface area contributed by atoms with E-state index < -0.39 is 21.4 Å². The predicted octanol–water partition coefficient (Wildman–Crippen LogP) is 2.24. The lowest BCUT2D eigenvalue weighted by Crippen LogP contribution is -2.21. The Morgan fingerprint density at radius 2 is 2.00 bits per heavy atom. The van der Waals surface area contributed by atoms with Gasteiger partial charge in [0.05, 0.1) is 17.4 Å². The fourth-order valence-corrected chi connectivity index (χ4v) is 2.79. The van der Waals surface area contributed by atoms with Crippen LogP contribution < -0.4 is 0 Å². The Morgan fingerprint density at radius 1 is 1.33 bits per heavy atom. The summed E-state index contributed by atoms with van der Waals surface area (Å²) in [5.41, 5.74) is 0.116. The second-order valence-corrected chi connectivity index (χ2v) is 6.66. The molecule has 0 unspecified atom stereocenters. The molecular formula is C11H12Cl2O4S. The highest BCUT2D eigenvalue weighted by Gasteiger charge is 2.20. The molecule has 0 fully saturated rings. The number of rotatable bonds is 6. The largest absolute Gasteiger partial charge is 0.384 e. The van der Waals surface area contributed by atoms with Crippen LogP contribution in [0, 0.1) is 0 Å². The number of sulfone groups is 1. The summed E-state index contributed by atoms with van der Waals surface area (Å²) in [4.78, 5) is 11.8. The van der Waals surface area contributed by atoms with Gasteiger partial charge in [-0.15, -0.1) is 0 Å². The maximum absolute atomic E-state index is 11.8. The van der Waals surface area contributed by atoms with Gasteiger partial charge in [-0.3, -0.25) is 4.79 Å². The van der Waals surface area contributed by atoms with Crippen LogP contribution in [0.1, 0.15) is 10.4 Å². The average Bonchev–Trinajstić information content (AvgIpc) is 2.29. The topological polar surface area (TPSA) is 60.4 Å². The maximum atomic E-state index is 11.8. The molecule has 0 spiro atoms. The van der Waals surface area contributed by atoms with E-state index in [0.717, 1.165) is 0 Å². The van der Waals surface area contributed by atoms with Crippen molar-refractivity contribution >= 4 is 38.8 Å². The monoisotopic (exact) mass is 310 g/mol. The molecule has 0 heterocycles. The third kappa shape index (κ3) is 4.57. The standard InChI is InChI=1S/C11H12Cl2O4S/c1-17-4-5-18(15,16)7-11(14)9-6-8(12)2-3-10(9)13/h2-3,6H,4-5,7H2,1H3. The van der Waals surface area contributed by atoms with Crippen molar-refractivity contribution in [1.29, 1.82) is 0 Å². The lowest BCUT2D eigenvalue weighted by molar-refractivity contribution is 0.102. The van der Waals surface area contributed by atoms with E-state index in [1.807, 2.05) is 0 Å². The van der Waals surface area contributed by atoms with E-state index in [2.05, 4.69) is 4.74 Å². The second-order valence-electron chi connectivity index (χ2n) is 3.63. The third-order valence-electron chi connectivity index (χ3n) is 2.18. The van der Waals surface area contributed by atoms with Gasteiger partial charge in [0.15, 0.2) is 15.6 Å².